The Kier molecular flexibility index (Phi) is 3.87. The molecule has 0 bridgehead atoms. The van der Waals surface area contributed by atoms with Crippen LogP contribution in [-0.2, 0) is 28.5 Å². The van der Waals surface area contributed by atoms with Gasteiger partial charge in [0.2, 0.25) is 0 Å². The lowest BCUT2D eigenvalue weighted by molar-refractivity contribution is -0.265. The van der Waals surface area contributed by atoms with Crippen LogP contribution in [0, 0.1) is 11.8 Å². The molecule has 0 N–H and O–H groups in total. The van der Waals surface area contributed by atoms with Crippen LogP contribution in [-0.4, -0.2) is 45.2 Å². The molecule has 2 aliphatic rings. The Bertz CT molecular complexity index is 307. The minimum atomic E-state index is -0.823. The highest BCUT2D eigenvalue weighted by molar-refractivity contribution is 5.83. The lowest BCUT2D eigenvalue weighted by Gasteiger charge is -2.33. The summed E-state index contributed by atoms with van der Waals surface area (Å²) in [5.74, 6) is -2.77. The second-order valence-corrected chi connectivity index (χ2v) is 4.63. The molecule has 0 aromatic rings. The van der Waals surface area contributed by atoms with E-state index in [1.54, 1.807) is 0 Å². The molecule has 2 fully saturated rings. The summed E-state index contributed by atoms with van der Waals surface area (Å²) in [6, 6.07) is 0. The Morgan fingerprint density at radius 1 is 1.00 bits per heavy atom. The number of hydrogen-bond donors (Lipinski definition) is 0. The molecule has 0 aromatic heterocycles. The molecule has 1 aliphatic carbocycles. The normalized spacial score (nSPS) is 30.1. The number of ether oxygens (including phenoxy) is 4. The summed E-state index contributed by atoms with van der Waals surface area (Å²) < 4.78 is 20.7. The molecule has 1 heterocycles. The van der Waals surface area contributed by atoms with E-state index in [9.17, 15) is 9.59 Å². The third kappa shape index (κ3) is 2.35. The SMILES string of the molecule is COC(=O)[C@H]1CC2(C[C@H]1C(=O)OC)OCCCO2. The first kappa shape index (κ1) is 13.3. The number of carbonyl (C=O) groups is 2. The van der Waals surface area contributed by atoms with Gasteiger partial charge in [-0.05, 0) is 6.42 Å². The highest BCUT2D eigenvalue weighted by Crippen LogP contribution is 2.45. The third-order valence-electron chi connectivity index (χ3n) is 3.57. The molecule has 0 unspecified atom stereocenters. The van der Waals surface area contributed by atoms with Crippen molar-refractivity contribution in [2.24, 2.45) is 11.8 Å². The molecular weight excluding hydrogens is 240 g/mol. The van der Waals surface area contributed by atoms with E-state index in [0.717, 1.165) is 6.42 Å². The van der Waals surface area contributed by atoms with Gasteiger partial charge in [-0.15, -0.1) is 0 Å². The number of rotatable bonds is 2. The van der Waals surface area contributed by atoms with Crippen molar-refractivity contribution in [2.45, 2.75) is 25.0 Å². The standard InChI is InChI=1S/C12H18O6/c1-15-10(13)8-6-12(17-4-3-5-18-12)7-9(8)11(14)16-2/h8-9H,3-7H2,1-2H3/t8-,9+. The van der Waals surface area contributed by atoms with Gasteiger partial charge in [0.1, 0.15) is 0 Å². The van der Waals surface area contributed by atoms with Crippen molar-refractivity contribution >= 4 is 11.9 Å². The van der Waals surface area contributed by atoms with Crippen LogP contribution in [0.1, 0.15) is 19.3 Å². The van der Waals surface area contributed by atoms with Crippen molar-refractivity contribution in [1.82, 2.24) is 0 Å². The maximum absolute atomic E-state index is 11.7. The van der Waals surface area contributed by atoms with E-state index in [0.29, 0.717) is 26.1 Å². The van der Waals surface area contributed by atoms with Crippen LogP contribution in [0.4, 0.5) is 0 Å². The van der Waals surface area contributed by atoms with Crippen molar-refractivity contribution in [1.29, 1.82) is 0 Å². The predicted molar refractivity (Wildman–Crippen MR) is 59.5 cm³/mol. The molecule has 0 radical (unpaired) electrons. The van der Waals surface area contributed by atoms with Crippen molar-refractivity contribution in [3.63, 3.8) is 0 Å². The lowest BCUT2D eigenvalue weighted by Crippen LogP contribution is -2.38. The molecule has 2 rings (SSSR count). The Balaban J connectivity index is 2.16. The zero-order valence-corrected chi connectivity index (χ0v) is 10.6. The maximum atomic E-state index is 11.7. The van der Waals surface area contributed by atoms with E-state index in [2.05, 4.69) is 0 Å². The number of carbonyl (C=O) groups excluding carboxylic acids is 2. The van der Waals surface area contributed by atoms with Gasteiger partial charge in [-0.2, -0.15) is 0 Å². The lowest BCUT2D eigenvalue weighted by atomic mass is 9.96. The number of hydrogen-bond acceptors (Lipinski definition) is 6. The molecule has 6 nitrogen and oxygen atoms in total. The Hall–Kier alpha value is -1.14. The average Bonchev–Trinajstić information content (AvgIpc) is 2.77. The molecule has 102 valence electrons. The fourth-order valence-electron chi connectivity index (χ4n) is 2.69. The van der Waals surface area contributed by atoms with Crippen molar-refractivity contribution in [3.05, 3.63) is 0 Å². The van der Waals surface area contributed by atoms with E-state index in [1.807, 2.05) is 0 Å². The Morgan fingerprint density at radius 2 is 1.44 bits per heavy atom. The van der Waals surface area contributed by atoms with Crippen molar-refractivity contribution < 1.29 is 28.5 Å². The smallest absolute Gasteiger partial charge is 0.309 e. The molecule has 1 saturated heterocycles. The van der Waals surface area contributed by atoms with Gasteiger partial charge in [-0.3, -0.25) is 9.59 Å². The highest BCUT2D eigenvalue weighted by atomic mass is 16.7. The molecular formula is C12H18O6. The minimum Gasteiger partial charge on any atom is -0.469 e. The van der Waals surface area contributed by atoms with Gasteiger partial charge >= 0.3 is 11.9 Å². The first-order valence-electron chi connectivity index (χ1n) is 6.05. The molecule has 6 heteroatoms. The monoisotopic (exact) mass is 258 g/mol. The van der Waals surface area contributed by atoms with E-state index in [4.69, 9.17) is 18.9 Å². The van der Waals surface area contributed by atoms with E-state index < -0.39 is 29.6 Å². The van der Waals surface area contributed by atoms with Crippen molar-refractivity contribution in [2.75, 3.05) is 27.4 Å². The molecule has 0 aromatic carbocycles. The zero-order valence-electron chi connectivity index (χ0n) is 10.6. The summed E-state index contributed by atoms with van der Waals surface area (Å²) in [4.78, 5) is 23.5. The Labute approximate surface area is 106 Å². The second kappa shape index (κ2) is 5.24. The highest BCUT2D eigenvalue weighted by Gasteiger charge is 2.54. The van der Waals surface area contributed by atoms with Crippen LogP contribution in [0.3, 0.4) is 0 Å². The number of methoxy groups -OCH3 is 2. The van der Waals surface area contributed by atoms with Gasteiger partial charge in [0, 0.05) is 12.8 Å². The van der Waals surface area contributed by atoms with Gasteiger partial charge < -0.3 is 18.9 Å². The summed E-state index contributed by atoms with van der Waals surface area (Å²) in [5.41, 5.74) is 0. The largest absolute Gasteiger partial charge is 0.469 e. The first-order chi connectivity index (χ1) is 8.62. The first-order valence-corrected chi connectivity index (χ1v) is 6.05. The molecule has 1 spiro atoms. The summed E-state index contributed by atoms with van der Waals surface area (Å²) in [6.07, 6.45) is 1.52. The summed E-state index contributed by atoms with van der Waals surface area (Å²) in [5, 5.41) is 0. The van der Waals surface area contributed by atoms with Crippen LogP contribution in [0.5, 0.6) is 0 Å². The van der Waals surface area contributed by atoms with Crippen LogP contribution in [0.25, 0.3) is 0 Å². The quantitative estimate of drug-likeness (QED) is 0.671. The van der Waals surface area contributed by atoms with Gasteiger partial charge in [0.05, 0.1) is 39.3 Å². The van der Waals surface area contributed by atoms with Crippen molar-refractivity contribution in [3.8, 4) is 0 Å². The van der Waals surface area contributed by atoms with Crippen LogP contribution in [0.2, 0.25) is 0 Å². The maximum Gasteiger partial charge on any atom is 0.309 e. The van der Waals surface area contributed by atoms with Gasteiger partial charge in [0.25, 0.3) is 0 Å². The van der Waals surface area contributed by atoms with Gasteiger partial charge in [0.15, 0.2) is 5.79 Å². The van der Waals surface area contributed by atoms with Crippen LogP contribution < -0.4 is 0 Å². The molecule has 2 atom stereocenters. The van der Waals surface area contributed by atoms with E-state index >= 15 is 0 Å². The zero-order chi connectivity index (χ0) is 13.2. The van der Waals surface area contributed by atoms with E-state index in [1.165, 1.54) is 14.2 Å². The molecule has 18 heavy (non-hydrogen) atoms. The second-order valence-electron chi connectivity index (χ2n) is 4.63. The minimum absolute atomic E-state index is 0.347. The van der Waals surface area contributed by atoms with Crippen LogP contribution >= 0.6 is 0 Å². The van der Waals surface area contributed by atoms with Gasteiger partial charge in [-0.1, -0.05) is 0 Å². The molecule has 0 amide bonds. The fourth-order valence-corrected chi connectivity index (χ4v) is 2.69. The molecule has 1 aliphatic heterocycles. The summed E-state index contributed by atoms with van der Waals surface area (Å²) in [7, 11) is 2.62. The van der Waals surface area contributed by atoms with E-state index in [-0.39, 0.29) is 0 Å². The predicted octanol–water partition coefficient (Wildman–Crippen LogP) is 0.492. The van der Waals surface area contributed by atoms with Crippen LogP contribution in [0.15, 0.2) is 0 Å². The number of esters is 2. The summed E-state index contributed by atoms with van der Waals surface area (Å²) >= 11 is 0. The summed E-state index contributed by atoms with van der Waals surface area (Å²) in [6.45, 7) is 1.17. The topological polar surface area (TPSA) is 71.1 Å². The van der Waals surface area contributed by atoms with Gasteiger partial charge in [-0.25, -0.2) is 0 Å². The molecule has 1 saturated carbocycles. The fraction of sp³-hybridized carbons (Fsp3) is 0.833. The average molecular weight is 258 g/mol. The Morgan fingerprint density at radius 3 is 1.83 bits per heavy atom. The third-order valence-corrected chi connectivity index (χ3v) is 3.57.